The fraction of sp³-hybridized carbons (Fsp3) is 0.500. The van der Waals surface area contributed by atoms with E-state index in [4.69, 9.17) is 23.2 Å². The Labute approximate surface area is 53.3 Å². The molecule has 0 unspecified atom stereocenters. The Kier molecular flexibility index (Phi) is 3.22. The van der Waals surface area contributed by atoms with Gasteiger partial charge in [-0.15, -0.1) is 0 Å². The van der Waals surface area contributed by atoms with Crippen LogP contribution in [-0.2, 0) is 0 Å². The molecule has 0 saturated heterocycles. The van der Waals surface area contributed by atoms with Crippen molar-refractivity contribution in [3.05, 3.63) is 10.2 Å². The van der Waals surface area contributed by atoms with Gasteiger partial charge in [0.15, 0.2) is 0 Å². The second-order valence-electron chi connectivity index (χ2n) is 1.14. The molecule has 0 aromatic heterocycles. The Morgan fingerprint density at radius 1 is 1.43 bits per heavy atom. The van der Waals surface area contributed by atoms with Gasteiger partial charge in [-0.05, 0) is 6.92 Å². The molecular weight excluding hydrogens is 133 g/mol. The number of hydrogen-bond donors (Lipinski definition) is 1. The second-order valence-corrected chi connectivity index (χ2v) is 2.08. The Hall–Kier alpha value is 0.120. The Balaban J connectivity index is 3.72. The van der Waals surface area contributed by atoms with E-state index in [0.717, 1.165) is 5.70 Å². The lowest BCUT2D eigenvalue weighted by Gasteiger charge is -1.94. The van der Waals surface area contributed by atoms with Crippen LogP contribution in [0.1, 0.15) is 6.92 Å². The van der Waals surface area contributed by atoms with E-state index in [0.29, 0.717) is 4.49 Å². The molecule has 0 spiro atoms. The smallest absolute Gasteiger partial charge is 0.125 e. The molecule has 0 aliphatic heterocycles. The zero-order chi connectivity index (χ0) is 5.86. The summed E-state index contributed by atoms with van der Waals surface area (Å²) >= 11 is 10.6. The molecule has 0 fully saturated rings. The van der Waals surface area contributed by atoms with Crippen molar-refractivity contribution in [3.63, 3.8) is 0 Å². The first kappa shape index (κ1) is 7.12. The largest absolute Gasteiger partial charge is 0.390 e. The molecule has 0 aromatic rings. The highest BCUT2D eigenvalue weighted by Gasteiger charge is 1.87. The molecule has 0 atom stereocenters. The van der Waals surface area contributed by atoms with Crippen LogP contribution >= 0.6 is 23.2 Å². The molecule has 3 heteroatoms. The number of nitrogens with one attached hydrogen (secondary N) is 1. The summed E-state index contributed by atoms with van der Waals surface area (Å²) in [5.41, 5.74) is 0.795. The minimum absolute atomic E-state index is 0.294. The van der Waals surface area contributed by atoms with Gasteiger partial charge in [0, 0.05) is 12.7 Å². The Morgan fingerprint density at radius 3 is 1.86 bits per heavy atom. The quantitative estimate of drug-likeness (QED) is 0.586. The standard InChI is InChI=1S/C4H7Cl2N/c1-3(7-2)4(5)6/h7H,1-2H3. The first-order chi connectivity index (χ1) is 3.18. The Morgan fingerprint density at radius 2 is 1.86 bits per heavy atom. The van der Waals surface area contributed by atoms with E-state index in [1.807, 2.05) is 0 Å². The van der Waals surface area contributed by atoms with Crippen LogP contribution in [0.4, 0.5) is 0 Å². The van der Waals surface area contributed by atoms with E-state index < -0.39 is 0 Å². The summed E-state index contributed by atoms with van der Waals surface area (Å²) in [6.07, 6.45) is 0. The van der Waals surface area contributed by atoms with Crippen molar-refractivity contribution in [2.45, 2.75) is 6.92 Å². The van der Waals surface area contributed by atoms with Crippen molar-refractivity contribution in [2.75, 3.05) is 7.05 Å². The number of halogens is 2. The molecule has 0 bridgehead atoms. The molecule has 1 nitrogen and oxygen atoms in total. The molecule has 0 aliphatic carbocycles. The maximum atomic E-state index is 5.31. The zero-order valence-electron chi connectivity index (χ0n) is 4.26. The van der Waals surface area contributed by atoms with Gasteiger partial charge in [-0.25, -0.2) is 0 Å². The van der Waals surface area contributed by atoms with Crippen LogP contribution in [0.2, 0.25) is 0 Å². The van der Waals surface area contributed by atoms with Crippen molar-refractivity contribution < 1.29 is 0 Å². The van der Waals surface area contributed by atoms with Crippen LogP contribution in [0.3, 0.4) is 0 Å². The van der Waals surface area contributed by atoms with E-state index in [1.54, 1.807) is 14.0 Å². The molecule has 1 N–H and O–H groups in total. The third kappa shape index (κ3) is 2.77. The third-order valence-corrected chi connectivity index (χ3v) is 1.23. The van der Waals surface area contributed by atoms with Crippen LogP contribution in [0.5, 0.6) is 0 Å². The van der Waals surface area contributed by atoms with Gasteiger partial charge < -0.3 is 5.32 Å². The van der Waals surface area contributed by atoms with Gasteiger partial charge >= 0.3 is 0 Å². The van der Waals surface area contributed by atoms with E-state index >= 15 is 0 Å². The molecule has 0 aliphatic rings. The maximum Gasteiger partial charge on any atom is 0.125 e. The van der Waals surface area contributed by atoms with E-state index in [2.05, 4.69) is 5.32 Å². The lowest BCUT2D eigenvalue weighted by atomic mass is 10.6. The fourth-order valence-electron chi connectivity index (χ4n) is 0.0945. The van der Waals surface area contributed by atoms with Crippen LogP contribution in [-0.4, -0.2) is 7.05 Å². The summed E-state index contributed by atoms with van der Waals surface area (Å²) in [6, 6.07) is 0. The summed E-state index contributed by atoms with van der Waals surface area (Å²) < 4.78 is 0.294. The van der Waals surface area contributed by atoms with Crippen molar-refractivity contribution in [2.24, 2.45) is 0 Å². The molecule has 42 valence electrons. The first-order valence-corrected chi connectivity index (χ1v) is 2.63. The first-order valence-electron chi connectivity index (χ1n) is 1.88. The van der Waals surface area contributed by atoms with E-state index in [1.165, 1.54) is 0 Å². The predicted octanol–water partition coefficient (Wildman–Crippen LogP) is 1.87. The number of allylic oxidation sites excluding steroid dienone is 1. The van der Waals surface area contributed by atoms with Gasteiger partial charge in [-0.2, -0.15) is 0 Å². The minimum Gasteiger partial charge on any atom is -0.390 e. The highest BCUT2D eigenvalue weighted by atomic mass is 35.5. The van der Waals surface area contributed by atoms with Crippen LogP contribution in [0, 0.1) is 0 Å². The SMILES string of the molecule is CNC(C)=C(Cl)Cl. The zero-order valence-corrected chi connectivity index (χ0v) is 5.77. The summed E-state index contributed by atoms with van der Waals surface area (Å²) in [5, 5.41) is 2.78. The van der Waals surface area contributed by atoms with E-state index in [-0.39, 0.29) is 0 Å². The summed E-state index contributed by atoms with van der Waals surface area (Å²) in [6.45, 7) is 1.80. The molecule has 0 amide bonds. The molecule has 7 heavy (non-hydrogen) atoms. The maximum absolute atomic E-state index is 5.31. The summed E-state index contributed by atoms with van der Waals surface area (Å²) in [5.74, 6) is 0. The summed E-state index contributed by atoms with van der Waals surface area (Å²) in [7, 11) is 1.76. The summed E-state index contributed by atoms with van der Waals surface area (Å²) in [4.78, 5) is 0. The molecule has 0 aromatic carbocycles. The lowest BCUT2D eigenvalue weighted by molar-refractivity contribution is 0.991. The van der Waals surface area contributed by atoms with Gasteiger partial charge in [0.2, 0.25) is 0 Å². The molecule has 0 saturated carbocycles. The lowest BCUT2D eigenvalue weighted by Crippen LogP contribution is -2.01. The monoisotopic (exact) mass is 139 g/mol. The number of hydrogen-bond acceptors (Lipinski definition) is 1. The Bertz CT molecular complexity index is 83.7. The minimum atomic E-state index is 0.294. The average Bonchev–Trinajstić information content (AvgIpc) is 1.65. The average molecular weight is 140 g/mol. The predicted molar refractivity (Wildman–Crippen MR) is 33.5 cm³/mol. The van der Waals surface area contributed by atoms with Gasteiger partial charge in [0.25, 0.3) is 0 Å². The van der Waals surface area contributed by atoms with Gasteiger partial charge in [-0.1, -0.05) is 23.2 Å². The van der Waals surface area contributed by atoms with Gasteiger partial charge in [0.1, 0.15) is 4.49 Å². The topological polar surface area (TPSA) is 12.0 Å². The van der Waals surface area contributed by atoms with Crippen LogP contribution < -0.4 is 5.32 Å². The van der Waals surface area contributed by atoms with Crippen molar-refractivity contribution in [1.82, 2.24) is 5.32 Å². The number of rotatable bonds is 1. The van der Waals surface area contributed by atoms with Crippen molar-refractivity contribution >= 4 is 23.2 Å². The van der Waals surface area contributed by atoms with Gasteiger partial charge in [0.05, 0.1) is 0 Å². The van der Waals surface area contributed by atoms with E-state index in [9.17, 15) is 0 Å². The molecule has 0 radical (unpaired) electrons. The normalized spacial score (nSPS) is 8.00. The second kappa shape index (κ2) is 3.16. The fourth-order valence-corrected chi connectivity index (χ4v) is 0.283. The molecular formula is C4H7Cl2N. The molecule has 0 heterocycles. The third-order valence-electron chi connectivity index (χ3n) is 0.658. The van der Waals surface area contributed by atoms with Crippen molar-refractivity contribution in [1.29, 1.82) is 0 Å². The molecule has 0 rings (SSSR count). The van der Waals surface area contributed by atoms with Crippen molar-refractivity contribution in [3.8, 4) is 0 Å². The van der Waals surface area contributed by atoms with Crippen LogP contribution in [0.25, 0.3) is 0 Å². The highest BCUT2D eigenvalue weighted by Crippen LogP contribution is 2.09. The van der Waals surface area contributed by atoms with Crippen LogP contribution in [0.15, 0.2) is 10.2 Å². The van der Waals surface area contributed by atoms with Gasteiger partial charge in [-0.3, -0.25) is 0 Å². The highest BCUT2D eigenvalue weighted by molar-refractivity contribution is 6.56.